The predicted molar refractivity (Wildman–Crippen MR) is 54.9 cm³/mol. The van der Waals surface area contributed by atoms with Gasteiger partial charge in [-0.3, -0.25) is 0 Å². The summed E-state index contributed by atoms with van der Waals surface area (Å²) in [5, 5.41) is 9.93. The fraction of sp³-hybridized carbons (Fsp3) is 0.300. The lowest BCUT2D eigenvalue weighted by Crippen LogP contribution is -2.26. The lowest BCUT2D eigenvalue weighted by atomic mass is 10.1. The van der Waals surface area contributed by atoms with Crippen molar-refractivity contribution in [2.75, 3.05) is 6.61 Å². The average Bonchev–Trinajstić information content (AvgIpc) is 2.62. The number of aliphatic hydroxyl groups is 1. The Morgan fingerprint density at radius 2 is 2.43 bits per heavy atom. The minimum absolute atomic E-state index is 0.00688. The van der Waals surface area contributed by atoms with E-state index in [1.54, 1.807) is 6.20 Å². The molecule has 0 aliphatic rings. The molecule has 2 aromatic rings. The molecule has 0 aliphatic heterocycles. The number of hydrogen-bond donors (Lipinski definition) is 3. The monoisotopic (exact) mass is 191 g/mol. The number of aromatic amines is 1. The normalized spacial score (nSPS) is 13.3. The molecule has 74 valence electrons. The standard InChI is InChI=1S/C10H13N3O/c11-8(6-14)4-7-5-13-10-9(7)2-1-3-12-10/h1-3,5,8,14H,4,6,11H2,(H,12,13)/t8-/m1/s1. The predicted octanol–water partition coefficient (Wildman–Crippen LogP) is 0.425. The summed E-state index contributed by atoms with van der Waals surface area (Å²) in [6, 6.07) is 3.69. The van der Waals surface area contributed by atoms with E-state index in [0.29, 0.717) is 6.42 Å². The summed E-state index contributed by atoms with van der Waals surface area (Å²) >= 11 is 0. The zero-order valence-electron chi connectivity index (χ0n) is 7.77. The Bertz CT molecular complexity index is 424. The first-order chi connectivity index (χ1) is 6.81. The number of nitrogens with two attached hydrogens (primary N) is 1. The summed E-state index contributed by atoms with van der Waals surface area (Å²) in [7, 11) is 0. The van der Waals surface area contributed by atoms with Gasteiger partial charge in [0.05, 0.1) is 6.61 Å². The van der Waals surface area contributed by atoms with Crippen molar-refractivity contribution in [1.82, 2.24) is 9.97 Å². The molecule has 0 spiro atoms. The Morgan fingerprint density at radius 1 is 1.57 bits per heavy atom. The van der Waals surface area contributed by atoms with Crippen molar-refractivity contribution in [2.45, 2.75) is 12.5 Å². The smallest absolute Gasteiger partial charge is 0.137 e. The van der Waals surface area contributed by atoms with E-state index < -0.39 is 0 Å². The fourth-order valence-corrected chi connectivity index (χ4v) is 1.53. The number of rotatable bonds is 3. The second-order valence-electron chi connectivity index (χ2n) is 3.36. The maximum atomic E-state index is 8.85. The van der Waals surface area contributed by atoms with Gasteiger partial charge in [-0.1, -0.05) is 0 Å². The first kappa shape index (κ1) is 9.18. The van der Waals surface area contributed by atoms with Crippen molar-refractivity contribution in [3.8, 4) is 0 Å². The van der Waals surface area contributed by atoms with Gasteiger partial charge in [0.2, 0.25) is 0 Å². The van der Waals surface area contributed by atoms with Crippen molar-refractivity contribution in [1.29, 1.82) is 0 Å². The minimum Gasteiger partial charge on any atom is -0.395 e. The molecule has 4 heteroatoms. The number of fused-ring (bicyclic) bond motifs is 1. The summed E-state index contributed by atoms with van der Waals surface area (Å²) in [5.41, 5.74) is 7.65. The van der Waals surface area contributed by atoms with Crippen LogP contribution in [0.3, 0.4) is 0 Å². The molecule has 0 radical (unpaired) electrons. The Balaban J connectivity index is 2.33. The van der Waals surface area contributed by atoms with Crippen LogP contribution in [0.1, 0.15) is 5.56 Å². The molecule has 0 bridgehead atoms. The van der Waals surface area contributed by atoms with E-state index in [2.05, 4.69) is 9.97 Å². The second kappa shape index (κ2) is 3.77. The molecule has 0 saturated heterocycles. The van der Waals surface area contributed by atoms with Gasteiger partial charge in [-0.15, -0.1) is 0 Å². The third kappa shape index (κ3) is 1.62. The molecule has 2 heterocycles. The van der Waals surface area contributed by atoms with Crippen molar-refractivity contribution >= 4 is 11.0 Å². The van der Waals surface area contributed by atoms with Crippen LogP contribution in [0.4, 0.5) is 0 Å². The number of aromatic nitrogens is 2. The Morgan fingerprint density at radius 3 is 3.21 bits per heavy atom. The topological polar surface area (TPSA) is 74.9 Å². The van der Waals surface area contributed by atoms with Crippen LogP contribution < -0.4 is 5.73 Å². The van der Waals surface area contributed by atoms with Gasteiger partial charge in [-0.25, -0.2) is 4.98 Å². The lowest BCUT2D eigenvalue weighted by Gasteiger charge is -2.05. The average molecular weight is 191 g/mol. The number of nitrogens with zero attached hydrogens (tertiary/aromatic N) is 1. The largest absolute Gasteiger partial charge is 0.395 e. The molecule has 0 amide bonds. The number of hydrogen-bond acceptors (Lipinski definition) is 3. The van der Waals surface area contributed by atoms with Crippen molar-refractivity contribution < 1.29 is 5.11 Å². The molecule has 2 rings (SSSR count). The molecule has 2 aromatic heterocycles. The lowest BCUT2D eigenvalue weighted by molar-refractivity contribution is 0.265. The molecule has 1 atom stereocenters. The van der Waals surface area contributed by atoms with Crippen molar-refractivity contribution in [2.24, 2.45) is 5.73 Å². The first-order valence-electron chi connectivity index (χ1n) is 4.58. The maximum Gasteiger partial charge on any atom is 0.137 e. The molecular weight excluding hydrogens is 178 g/mol. The van der Waals surface area contributed by atoms with Gasteiger partial charge in [-0.05, 0) is 24.1 Å². The third-order valence-electron chi connectivity index (χ3n) is 2.25. The van der Waals surface area contributed by atoms with E-state index in [9.17, 15) is 0 Å². The van der Waals surface area contributed by atoms with Gasteiger partial charge < -0.3 is 15.8 Å². The highest BCUT2D eigenvalue weighted by Crippen LogP contribution is 2.16. The summed E-state index contributed by atoms with van der Waals surface area (Å²) in [6.07, 6.45) is 4.31. The van der Waals surface area contributed by atoms with Crippen molar-refractivity contribution in [3.05, 3.63) is 30.1 Å². The molecule has 4 N–H and O–H groups in total. The molecule has 0 aromatic carbocycles. The second-order valence-corrected chi connectivity index (χ2v) is 3.36. The molecular formula is C10H13N3O. The Labute approximate surface area is 81.8 Å². The molecule has 0 fully saturated rings. The molecule has 0 aliphatic carbocycles. The summed E-state index contributed by atoms with van der Waals surface area (Å²) < 4.78 is 0. The molecule has 4 nitrogen and oxygen atoms in total. The van der Waals surface area contributed by atoms with Gasteiger partial charge >= 0.3 is 0 Å². The van der Waals surface area contributed by atoms with Crippen LogP contribution in [-0.4, -0.2) is 27.7 Å². The van der Waals surface area contributed by atoms with Gasteiger partial charge in [0.25, 0.3) is 0 Å². The van der Waals surface area contributed by atoms with E-state index in [4.69, 9.17) is 10.8 Å². The van der Waals surface area contributed by atoms with Gasteiger partial charge in [-0.2, -0.15) is 0 Å². The number of pyridine rings is 1. The van der Waals surface area contributed by atoms with E-state index in [1.165, 1.54) is 0 Å². The minimum atomic E-state index is -0.200. The van der Waals surface area contributed by atoms with E-state index in [-0.39, 0.29) is 12.6 Å². The zero-order valence-corrected chi connectivity index (χ0v) is 7.77. The third-order valence-corrected chi connectivity index (χ3v) is 2.25. The van der Waals surface area contributed by atoms with E-state index in [1.807, 2.05) is 18.3 Å². The van der Waals surface area contributed by atoms with Crippen LogP contribution >= 0.6 is 0 Å². The molecule has 0 saturated carbocycles. The number of nitrogens with one attached hydrogen (secondary N) is 1. The summed E-state index contributed by atoms with van der Waals surface area (Å²) in [4.78, 5) is 7.25. The molecule has 0 unspecified atom stereocenters. The van der Waals surface area contributed by atoms with Crippen LogP contribution in [0.15, 0.2) is 24.5 Å². The number of aliphatic hydroxyl groups excluding tert-OH is 1. The fourth-order valence-electron chi connectivity index (χ4n) is 1.53. The van der Waals surface area contributed by atoms with Gasteiger partial charge in [0.1, 0.15) is 5.65 Å². The van der Waals surface area contributed by atoms with E-state index >= 15 is 0 Å². The zero-order chi connectivity index (χ0) is 9.97. The van der Waals surface area contributed by atoms with Crippen LogP contribution in [0, 0.1) is 0 Å². The SMILES string of the molecule is N[C@@H](CO)Cc1c[nH]c2ncccc12. The van der Waals surface area contributed by atoms with Crippen molar-refractivity contribution in [3.63, 3.8) is 0 Å². The van der Waals surface area contributed by atoms with Gasteiger partial charge in [0.15, 0.2) is 0 Å². The van der Waals surface area contributed by atoms with E-state index in [0.717, 1.165) is 16.6 Å². The summed E-state index contributed by atoms with van der Waals surface area (Å²) in [5.74, 6) is 0. The highest BCUT2D eigenvalue weighted by atomic mass is 16.3. The Hall–Kier alpha value is -1.39. The highest BCUT2D eigenvalue weighted by molar-refractivity contribution is 5.79. The highest BCUT2D eigenvalue weighted by Gasteiger charge is 2.07. The first-order valence-corrected chi connectivity index (χ1v) is 4.58. The molecule has 14 heavy (non-hydrogen) atoms. The Kier molecular flexibility index (Phi) is 2.47. The van der Waals surface area contributed by atoms with Crippen LogP contribution in [0.2, 0.25) is 0 Å². The quantitative estimate of drug-likeness (QED) is 0.658. The van der Waals surface area contributed by atoms with Crippen LogP contribution in [0.25, 0.3) is 11.0 Å². The maximum absolute atomic E-state index is 8.85. The summed E-state index contributed by atoms with van der Waals surface area (Å²) in [6.45, 7) is 0.00688. The van der Waals surface area contributed by atoms with Crippen LogP contribution in [-0.2, 0) is 6.42 Å². The number of H-pyrrole nitrogens is 1. The van der Waals surface area contributed by atoms with Crippen LogP contribution in [0.5, 0.6) is 0 Å². The van der Waals surface area contributed by atoms with Gasteiger partial charge in [0, 0.05) is 23.8 Å².